The first kappa shape index (κ1) is 12.9. The quantitative estimate of drug-likeness (QED) is 0.745. The van der Waals surface area contributed by atoms with Crippen LogP contribution >= 0.6 is 0 Å². The van der Waals surface area contributed by atoms with Crippen molar-refractivity contribution in [1.82, 2.24) is 9.97 Å². The van der Waals surface area contributed by atoms with E-state index < -0.39 is 0 Å². The molecule has 0 saturated carbocycles. The van der Waals surface area contributed by atoms with Crippen LogP contribution in [-0.4, -0.2) is 16.6 Å². The third-order valence-corrected chi connectivity index (χ3v) is 1.49. The molecule has 80 valence electrons. The minimum Gasteiger partial charge on any atom is -0.477 e. The fourth-order valence-electron chi connectivity index (χ4n) is 0.854. The van der Waals surface area contributed by atoms with Gasteiger partial charge in [0, 0.05) is 11.8 Å². The summed E-state index contributed by atoms with van der Waals surface area (Å²) in [4.78, 5) is 8.23. The topological polar surface area (TPSA) is 35.0 Å². The molecule has 1 rings (SSSR count). The van der Waals surface area contributed by atoms with E-state index in [0.717, 1.165) is 24.4 Å². The lowest BCUT2D eigenvalue weighted by Crippen LogP contribution is -2.01. The van der Waals surface area contributed by atoms with Crippen molar-refractivity contribution >= 4 is 0 Å². The van der Waals surface area contributed by atoms with Crippen molar-refractivity contribution in [2.45, 2.75) is 41.0 Å². The SMILES string of the molecule is CC.CCCOc1nc(C)ncc1C. The molecule has 0 radical (unpaired) electrons. The lowest BCUT2D eigenvalue weighted by molar-refractivity contribution is 0.301. The van der Waals surface area contributed by atoms with Crippen molar-refractivity contribution < 1.29 is 4.74 Å². The Kier molecular flexibility index (Phi) is 6.72. The highest BCUT2D eigenvalue weighted by Crippen LogP contribution is 2.12. The van der Waals surface area contributed by atoms with Crippen molar-refractivity contribution in [2.24, 2.45) is 0 Å². The zero-order chi connectivity index (χ0) is 11.0. The van der Waals surface area contributed by atoms with Gasteiger partial charge in [-0.25, -0.2) is 4.98 Å². The van der Waals surface area contributed by atoms with Crippen LogP contribution in [-0.2, 0) is 0 Å². The Labute approximate surface area is 86.5 Å². The molecule has 0 unspecified atom stereocenters. The molecule has 0 bridgehead atoms. The van der Waals surface area contributed by atoms with Gasteiger partial charge >= 0.3 is 0 Å². The lowest BCUT2D eigenvalue weighted by Gasteiger charge is -2.05. The van der Waals surface area contributed by atoms with Crippen molar-refractivity contribution in [1.29, 1.82) is 0 Å². The average molecular weight is 196 g/mol. The van der Waals surface area contributed by atoms with E-state index in [0.29, 0.717) is 5.88 Å². The number of aromatic nitrogens is 2. The second-order valence-electron chi connectivity index (χ2n) is 2.75. The van der Waals surface area contributed by atoms with Crippen LogP contribution in [0.4, 0.5) is 0 Å². The van der Waals surface area contributed by atoms with Crippen molar-refractivity contribution in [3.8, 4) is 5.88 Å². The summed E-state index contributed by atoms with van der Waals surface area (Å²) in [5, 5.41) is 0. The number of nitrogens with zero attached hydrogens (tertiary/aromatic N) is 2. The van der Waals surface area contributed by atoms with Gasteiger partial charge in [-0.1, -0.05) is 20.8 Å². The van der Waals surface area contributed by atoms with Crippen LogP contribution in [0.15, 0.2) is 6.20 Å². The van der Waals surface area contributed by atoms with Gasteiger partial charge < -0.3 is 4.74 Å². The van der Waals surface area contributed by atoms with Gasteiger partial charge in [0.1, 0.15) is 5.82 Å². The van der Waals surface area contributed by atoms with Crippen LogP contribution in [0.25, 0.3) is 0 Å². The molecule has 0 N–H and O–H groups in total. The largest absolute Gasteiger partial charge is 0.477 e. The minimum absolute atomic E-state index is 0.712. The highest BCUT2D eigenvalue weighted by molar-refractivity contribution is 5.21. The van der Waals surface area contributed by atoms with Crippen LogP contribution in [0, 0.1) is 13.8 Å². The second kappa shape index (κ2) is 7.30. The van der Waals surface area contributed by atoms with Crippen LogP contribution in [0.3, 0.4) is 0 Å². The molecule has 0 amide bonds. The van der Waals surface area contributed by atoms with Crippen LogP contribution in [0.1, 0.15) is 38.6 Å². The standard InChI is InChI=1S/C9H14N2O.C2H6/c1-4-5-12-9-7(2)6-10-8(3)11-9;1-2/h6H,4-5H2,1-3H3;1-2H3. The Bertz CT molecular complexity index is 261. The Morgan fingerprint density at radius 1 is 1.29 bits per heavy atom. The fraction of sp³-hybridized carbons (Fsp3) is 0.636. The maximum Gasteiger partial charge on any atom is 0.219 e. The minimum atomic E-state index is 0.712. The van der Waals surface area contributed by atoms with E-state index >= 15 is 0 Å². The number of aryl methyl sites for hydroxylation is 2. The first-order valence-electron chi connectivity index (χ1n) is 5.17. The second-order valence-corrected chi connectivity index (χ2v) is 2.75. The predicted molar refractivity (Wildman–Crippen MR) is 58.6 cm³/mol. The Morgan fingerprint density at radius 3 is 2.50 bits per heavy atom. The average Bonchev–Trinajstić information content (AvgIpc) is 2.22. The highest BCUT2D eigenvalue weighted by atomic mass is 16.5. The first-order valence-corrected chi connectivity index (χ1v) is 5.17. The summed E-state index contributed by atoms with van der Waals surface area (Å²) in [5.41, 5.74) is 0.994. The van der Waals surface area contributed by atoms with E-state index in [1.165, 1.54) is 0 Å². The Hall–Kier alpha value is -1.12. The molecule has 0 aliphatic carbocycles. The normalized spacial score (nSPS) is 8.93. The summed E-state index contributed by atoms with van der Waals surface area (Å²) in [6, 6.07) is 0. The summed E-state index contributed by atoms with van der Waals surface area (Å²) in [6.45, 7) is 10.6. The van der Waals surface area contributed by atoms with Gasteiger partial charge in [-0.05, 0) is 20.3 Å². The summed E-state index contributed by atoms with van der Waals surface area (Å²) in [5.74, 6) is 1.47. The summed E-state index contributed by atoms with van der Waals surface area (Å²) in [6.07, 6.45) is 2.79. The van der Waals surface area contributed by atoms with Gasteiger partial charge in [-0.3, -0.25) is 0 Å². The zero-order valence-electron chi connectivity index (χ0n) is 9.79. The van der Waals surface area contributed by atoms with Crippen molar-refractivity contribution in [3.63, 3.8) is 0 Å². The number of rotatable bonds is 3. The van der Waals surface area contributed by atoms with Gasteiger partial charge in [-0.15, -0.1) is 0 Å². The molecule has 0 aliphatic rings. The first-order chi connectivity index (χ1) is 6.74. The maximum absolute atomic E-state index is 5.42. The zero-order valence-corrected chi connectivity index (χ0v) is 9.79. The molecule has 14 heavy (non-hydrogen) atoms. The van der Waals surface area contributed by atoms with Crippen molar-refractivity contribution in [3.05, 3.63) is 17.6 Å². The van der Waals surface area contributed by atoms with E-state index in [-0.39, 0.29) is 0 Å². The Balaban J connectivity index is 0.000000791. The van der Waals surface area contributed by atoms with E-state index in [1.807, 2.05) is 27.7 Å². The molecule has 0 atom stereocenters. The van der Waals surface area contributed by atoms with Gasteiger partial charge in [0.2, 0.25) is 5.88 Å². The molecule has 0 aromatic carbocycles. The molecule has 1 aromatic rings. The molecular weight excluding hydrogens is 176 g/mol. The number of hydrogen-bond acceptors (Lipinski definition) is 3. The highest BCUT2D eigenvalue weighted by Gasteiger charge is 2.00. The van der Waals surface area contributed by atoms with E-state index in [4.69, 9.17) is 4.74 Å². The van der Waals surface area contributed by atoms with Gasteiger partial charge in [0.05, 0.1) is 6.61 Å². The number of ether oxygens (including phenoxy) is 1. The van der Waals surface area contributed by atoms with Crippen LogP contribution in [0.5, 0.6) is 5.88 Å². The third-order valence-electron chi connectivity index (χ3n) is 1.49. The van der Waals surface area contributed by atoms with E-state index in [2.05, 4.69) is 16.9 Å². The van der Waals surface area contributed by atoms with Crippen LogP contribution in [0.2, 0.25) is 0 Å². The summed E-state index contributed by atoms with van der Waals surface area (Å²) in [7, 11) is 0. The van der Waals surface area contributed by atoms with Crippen LogP contribution < -0.4 is 4.74 Å². The maximum atomic E-state index is 5.42. The summed E-state index contributed by atoms with van der Waals surface area (Å²) >= 11 is 0. The molecule has 3 nitrogen and oxygen atoms in total. The summed E-state index contributed by atoms with van der Waals surface area (Å²) < 4.78 is 5.42. The fourth-order valence-corrected chi connectivity index (χ4v) is 0.854. The molecule has 0 aliphatic heterocycles. The predicted octanol–water partition coefficient (Wildman–Crippen LogP) is 2.91. The van der Waals surface area contributed by atoms with E-state index in [1.54, 1.807) is 6.20 Å². The van der Waals surface area contributed by atoms with E-state index in [9.17, 15) is 0 Å². The molecule has 0 saturated heterocycles. The molecule has 1 heterocycles. The Morgan fingerprint density at radius 2 is 1.93 bits per heavy atom. The number of hydrogen-bond donors (Lipinski definition) is 0. The molecule has 0 spiro atoms. The van der Waals surface area contributed by atoms with Crippen molar-refractivity contribution in [2.75, 3.05) is 6.61 Å². The monoisotopic (exact) mass is 196 g/mol. The molecule has 0 fully saturated rings. The van der Waals surface area contributed by atoms with Gasteiger partial charge in [-0.2, -0.15) is 4.98 Å². The molecular formula is C11H20N2O. The molecule has 3 heteroatoms. The molecule has 1 aromatic heterocycles. The smallest absolute Gasteiger partial charge is 0.219 e. The lowest BCUT2D eigenvalue weighted by atomic mass is 10.3. The van der Waals surface area contributed by atoms with Gasteiger partial charge in [0.25, 0.3) is 0 Å². The third kappa shape index (κ3) is 4.21. The van der Waals surface area contributed by atoms with Gasteiger partial charge in [0.15, 0.2) is 0 Å².